The summed E-state index contributed by atoms with van der Waals surface area (Å²) in [7, 11) is 0. The number of nitrogens with zero attached hydrogens (tertiary/aromatic N) is 2. The van der Waals surface area contributed by atoms with Crippen molar-refractivity contribution in [3.8, 4) is 11.1 Å². The highest BCUT2D eigenvalue weighted by Gasteiger charge is 2.17. The van der Waals surface area contributed by atoms with Gasteiger partial charge in [-0.3, -0.25) is 4.79 Å². The Morgan fingerprint density at radius 1 is 0.615 bits per heavy atom. The number of hydrogen-bond donors (Lipinski definition) is 0. The van der Waals surface area contributed by atoms with E-state index in [-0.39, 0.29) is 19.2 Å². The van der Waals surface area contributed by atoms with Crippen LogP contribution in [0.5, 0.6) is 0 Å². The van der Waals surface area contributed by atoms with Crippen molar-refractivity contribution in [1.29, 1.82) is 0 Å². The SMILES string of the molecule is C=CC(=O)OCc1ccc(N(c2ccc(C)cc2)c2ccc(-c3ccc(N(C4=CC=C(COC(C)=O)C=CC4)c4ccc(C)cc4)cc3)cc2)cc1. The lowest BCUT2D eigenvalue weighted by Gasteiger charge is -2.28. The van der Waals surface area contributed by atoms with Crippen LogP contribution in [0.1, 0.15) is 30.0 Å². The Labute approximate surface area is 306 Å². The summed E-state index contributed by atoms with van der Waals surface area (Å²) in [5.41, 5.74) is 12.7. The molecule has 0 atom stereocenters. The predicted molar refractivity (Wildman–Crippen MR) is 211 cm³/mol. The molecule has 0 heterocycles. The Balaban J connectivity index is 1.27. The largest absolute Gasteiger partial charge is 0.461 e. The van der Waals surface area contributed by atoms with Crippen LogP contribution in [0.4, 0.5) is 28.4 Å². The Morgan fingerprint density at radius 3 is 1.56 bits per heavy atom. The summed E-state index contributed by atoms with van der Waals surface area (Å²) in [6, 6.07) is 42.3. The normalized spacial score (nSPS) is 12.2. The summed E-state index contributed by atoms with van der Waals surface area (Å²) < 4.78 is 10.5. The molecule has 5 aromatic carbocycles. The third-order valence-corrected chi connectivity index (χ3v) is 8.79. The molecule has 1 aliphatic rings. The molecule has 0 aliphatic heterocycles. The van der Waals surface area contributed by atoms with Gasteiger partial charge in [0.2, 0.25) is 0 Å². The second kappa shape index (κ2) is 16.5. The Bertz CT molecular complexity index is 2110. The Kier molecular flexibility index (Phi) is 11.3. The monoisotopic (exact) mass is 686 g/mol. The van der Waals surface area contributed by atoms with Gasteiger partial charge in [-0.05, 0) is 103 Å². The van der Waals surface area contributed by atoms with Crippen molar-refractivity contribution >= 4 is 40.4 Å². The second-order valence-electron chi connectivity index (χ2n) is 12.7. The van der Waals surface area contributed by atoms with Gasteiger partial charge in [0, 0.05) is 53.6 Å². The molecule has 6 nitrogen and oxygen atoms in total. The molecule has 5 aromatic rings. The van der Waals surface area contributed by atoms with E-state index >= 15 is 0 Å². The Morgan fingerprint density at radius 2 is 1.08 bits per heavy atom. The van der Waals surface area contributed by atoms with Gasteiger partial charge in [0.05, 0.1) is 0 Å². The number of aryl methyl sites for hydroxylation is 2. The highest BCUT2D eigenvalue weighted by molar-refractivity contribution is 5.81. The lowest BCUT2D eigenvalue weighted by Crippen LogP contribution is -2.16. The van der Waals surface area contributed by atoms with Crippen molar-refractivity contribution < 1.29 is 19.1 Å². The minimum Gasteiger partial charge on any atom is -0.461 e. The molecule has 52 heavy (non-hydrogen) atoms. The molecule has 0 saturated heterocycles. The summed E-state index contributed by atoms with van der Waals surface area (Å²) >= 11 is 0. The molecule has 1 aliphatic carbocycles. The van der Waals surface area contributed by atoms with E-state index in [2.05, 4.69) is 139 Å². The number of allylic oxidation sites excluding steroid dienone is 3. The van der Waals surface area contributed by atoms with Gasteiger partial charge in [-0.2, -0.15) is 0 Å². The molecule has 0 aromatic heterocycles. The molecule has 0 unspecified atom stereocenters. The van der Waals surface area contributed by atoms with Crippen LogP contribution in [0.2, 0.25) is 0 Å². The maximum Gasteiger partial charge on any atom is 0.330 e. The van der Waals surface area contributed by atoms with Gasteiger partial charge in [0.15, 0.2) is 0 Å². The third kappa shape index (κ3) is 8.84. The average Bonchev–Trinajstić information content (AvgIpc) is 3.41. The first-order valence-electron chi connectivity index (χ1n) is 17.3. The van der Waals surface area contributed by atoms with E-state index in [9.17, 15) is 9.59 Å². The molecule has 6 heteroatoms. The summed E-state index contributed by atoms with van der Waals surface area (Å²) in [5, 5.41) is 0. The van der Waals surface area contributed by atoms with Crippen LogP contribution in [-0.2, 0) is 25.7 Å². The number of rotatable bonds is 12. The Hall–Kier alpha value is -6.40. The second-order valence-corrected chi connectivity index (χ2v) is 12.7. The zero-order valence-electron chi connectivity index (χ0n) is 29.8. The maximum atomic E-state index is 11.6. The van der Waals surface area contributed by atoms with Crippen LogP contribution in [0.25, 0.3) is 11.1 Å². The van der Waals surface area contributed by atoms with Crippen molar-refractivity contribution in [3.05, 3.63) is 186 Å². The van der Waals surface area contributed by atoms with Gasteiger partial charge in [-0.15, -0.1) is 0 Å². The maximum absolute atomic E-state index is 11.6. The van der Waals surface area contributed by atoms with E-state index in [0.717, 1.165) is 62.8 Å². The minimum atomic E-state index is -0.441. The number of carbonyl (C=O) groups is 2. The van der Waals surface area contributed by atoms with E-state index in [4.69, 9.17) is 9.47 Å². The highest BCUT2D eigenvalue weighted by atomic mass is 16.5. The third-order valence-electron chi connectivity index (χ3n) is 8.79. The average molecular weight is 687 g/mol. The summed E-state index contributed by atoms with van der Waals surface area (Å²) in [6.45, 7) is 9.50. The van der Waals surface area contributed by atoms with Crippen LogP contribution in [0.3, 0.4) is 0 Å². The quantitative estimate of drug-likeness (QED) is 0.0962. The lowest BCUT2D eigenvalue weighted by molar-refractivity contribution is -0.140. The van der Waals surface area contributed by atoms with Crippen LogP contribution in [0.15, 0.2) is 170 Å². The van der Waals surface area contributed by atoms with Gasteiger partial charge in [-0.1, -0.05) is 96.6 Å². The number of esters is 2. The molecular formula is C46H42N2O4. The molecule has 6 rings (SSSR count). The van der Waals surface area contributed by atoms with E-state index in [0.29, 0.717) is 0 Å². The van der Waals surface area contributed by atoms with Crippen LogP contribution in [0, 0.1) is 13.8 Å². The number of ether oxygens (including phenoxy) is 2. The minimum absolute atomic E-state index is 0.191. The first kappa shape index (κ1) is 35.4. The predicted octanol–water partition coefficient (Wildman–Crippen LogP) is 11.1. The van der Waals surface area contributed by atoms with Crippen molar-refractivity contribution in [3.63, 3.8) is 0 Å². The summed E-state index contributed by atoms with van der Waals surface area (Å²) in [4.78, 5) is 27.4. The molecule has 0 N–H and O–H groups in total. The fourth-order valence-electron chi connectivity index (χ4n) is 5.98. The first-order valence-corrected chi connectivity index (χ1v) is 17.3. The molecule has 0 bridgehead atoms. The highest BCUT2D eigenvalue weighted by Crippen LogP contribution is 2.37. The van der Waals surface area contributed by atoms with Gasteiger partial charge >= 0.3 is 11.9 Å². The molecule has 0 amide bonds. The molecular weight excluding hydrogens is 645 g/mol. The number of benzene rings is 5. The lowest BCUT2D eigenvalue weighted by atomic mass is 10.0. The number of anilines is 5. The zero-order chi connectivity index (χ0) is 36.5. The van der Waals surface area contributed by atoms with Crippen LogP contribution < -0.4 is 9.80 Å². The van der Waals surface area contributed by atoms with Gasteiger partial charge < -0.3 is 19.3 Å². The smallest absolute Gasteiger partial charge is 0.330 e. The molecule has 0 radical (unpaired) electrons. The van der Waals surface area contributed by atoms with Gasteiger partial charge in [-0.25, -0.2) is 4.79 Å². The van der Waals surface area contributed by atoms with Gasteiger partial charge in [0.25, 0.3) is 0 Å². The molecule has 0 saturated carbocycles. The van der Waals surface area contributed by atoms with E-state index in [1.165, 1.54) is 24.1 Å². The van der Waals surface area contributed by atoms with Crippen LogP contribution >= 0.6 is 0 Å². The molecule has 260 valence electrons. The molecule has 0 fully saturated rings. The fourth-order valence-corrected chi connectivity index (χ4v) is 5.98. The standard InChI is InChI=1S/C46H42N2O4/c1-5-46(50)52-32-37-14-25-43(26-15-37)48(42-22-11-34(3)12-23-42)45-29-18-39(19-30-45)38-16-27-44(28-17-38)47(41-20-9-33(2)10-21-41)40-8-6-7-36(13-24-40)31-51-35(4)49/h5-7,9-30H,1,8,31-32H2,2-4H3. The van der Waals surface area contributed by atoms with E-state index < -0.39 is 5.97 Å². The first-order chi connectivity index (χ1) is 25.3. The topological polar surface area (TPSA) is 59.1 Å². The number of carbonyl (C=O) groups excluding carboxylic acids is 2. The number of hydrogen-bond acceptors (Lipinski definition) is 6. The van der Waals surface area contributed by atoms with E-state index in [1.807, 2.05) is 36.4 Å². The van der Waals surface area contributed by atoms with E-state index in [1.54, 1.807) is 0 Å². The summed E-state index contributed by atoms with van der Waals surface area (Å²) in [5.74, 6) is -0.734. The van der Waals surface area contributed by atoms with Crippen molar-refractivity contribution in [1.82, 2.24) is 0 Å². The van der Waals surface area contributed by atoms with Gasteiger partial charge in [0.1, 0.15) is 13.2 Å². The zero-order valence-corrected chi connectivity index (χ0v) is 29.8. The van der Waals surface area contributed by atoms with Crippen molar-refractivity contribution in [2.75, 3.05) is 16.4 Å². The van der Waals surface area contributed by atoms with Crippen LogP contribution in [-0.4, -0.2) is 18.5 Å². The van der Waals surface area contributed by atoms with Crippen molar-refractivity contribution in [2.24, 2.45) is 0 Å². The fraction of sp³-hybridized carbons (Fsp3) is 0.130. The van der Waals surface area contributed by atoms with Crippen molar-refractivity contribution in [2.45, 2.75) is 33.8 Å². The summed E-state index contributed by atoms with van der Waals surface area (Å²) in [6.07, 6.45) is 10.2. The molecule has 0 spiro atoms.